The summed E-state index contributed by atoms with van der Waals surface area (Å²) >= 11 is 0. The van der Waals surface area contributed by atoms with E-state index in [4.69, 9.17) is 9.72 Å². The Kier molecular flexibility index (Phi) is 5.79. The molecule has 4 nitrogen and oxygen atoms in total. The zero-order valence-electron chi connectivity index (χ0n) is 20.4. The van der Waals surface area contributed by atoms with Crippen molar-refractivity contribution in [1.29, 1.82) is 0 Å². The second kappa shape index (κ2) is 8.75. The van der Waals surface area contributed by atoms with E-state index in [0.717, 1.165) is 48.7 Å². The number of rotatable bonds is 4. The number of aromatic nitrogens is 3. The van der Waals surface area contributed by atoms with Gasteiger partial charge in [-0.05, 0) is 66.8 Å². The van der Waals surface area contributed by atoms with Crippen LogP contribution in [0.1, 0.15) is 48.8 Å². The number of fused-ring (bicyclic) bond motifs is 1. The fourth-order valence-electron chi connectivity index (χ4n) is 5.28. The van der Waals surface area contributed by atoms with Crippen molar-refractivity contribution in [3.05, 3.63) is 71.2 Å². The Balaban J connectivity index is 1.73. The lowest BCUT2D eigenvalue weighted by molar-refractivity contribution is 0.0467. The predicted molar refractivity (Wildman–Crippen MR) is 136 cm³/mol. The van der Waals surface area contributed by atoms with Crippen LogP contribution in [0.2, 0.25) is 0 Å². The monoisotopic (exact) mass is 439 g/mol. The summed E-state index contributed by atoms with van der Waals surface area (Å²) in [6.45, 7) is 10.3. The molecule has 1 fully saturated rings. The van der Waals surface area contributed by atoms with Gasteiger partial charge >= 0.3 is 0 Å². The minimum atomic E-state index is 0.396. The van der Waals surface area contributed by atoms with E-state index >= 15 is 0 Å². The smallest absolute Gasteiger partial charge is 0.0748 e. The van der Waals surface area contributed by atoms with Crippen LogP contribution < -0.4 is 0 Å². The molecule has 1 aliphatic heterocycles. The molecule has 0 aliphatic carbocycles. The van der Waals surface area contributed by atoms with Gasteiger partial charge in [0.15, 0.2) is 0 Å². The highest BCUT2D eigenvalue weighted by molar-refractivity contribution is 5.92. The van der Waals surface area contributed by atoms with Crippen LogP contribution in [0.15, 0.2) is 48.5 Å². The molecule has 4 heteroatoms. The number of hydrogen-bond acceptors (Lipinski definition) is 3. The Labute approximate surface area is 196 Å². The van der Waals surface area contributed by atoms with Gasteiger partial charge in [-0.25, -0.2) is 0 Å². The maximum atomic E-state index is 5.76. The van der Waals surface area contributed by atoms with Crippen molar-refractivity contribution in [2.75, 3.05) is 13.2 Å². The molecule has 0 N–H and O–H groups in total. The molecule has 3 heterocycles. The lowest BCUT2D eigenvalue weighted by Crippen LogP contribution is -2.24. The predicted octanol–water partition coefficient (Wildman–Crippen LogP) is 6.62. The highest BCUT2D eigenvalue weighted by Crippen LogP contribution is 2.39. The Morgan fingerprint density at radius 2 is 1.88 bits per heavy atom. The number of benzene rings is 2. The van der Waals surface area contributed by atoms with Crippen molar-refractivity contribution < 1.29 is 4.74 Å². The molecule has 0 amide bonds. The highest BCUT2D eigenvalue weighted by atomic mass is 16.5. The van der Waals surface area contributed by atoms with Crippen LogP contribution in [-0.4, -0.2) is 28.0 Å². The topological polar surface area (TPSA) is 39.9 Å². The van der Waals surface area contributed by atoms with Crippen LogP contribution >= 0.6 is 0 Å². The molecule has 0 bridgehead atoms. The Morgan fingerprint density at radius 1 is 1.06 bits per heavy atom. The van der Waals surface area contributed by atoms with E-state index in [9.17, 15) is 0 Å². The third-order valence-corrected chi connectivity index (χ3v) is 7.29. The van der Waals surface area contributed by atoms with Crippen molar-refractivity contribution in [2.24, 2.45) is 13.0 Å². The van der Waals surface area contributed by atoms with E-state index in [1.165, 1.54) is 33.2 Å². The first-order chi connectivity index (χ1) is 16.0. The Bertz CT molecular complexity index is 1320. The first-order valence-corrected chi connectivity index (χ1v) is 12.1. The minimum absolute atomic E-state index is 0.396. The maximum Gasteiger partial charge on any atom is 0.0748 e. The maximum absolute atomic E-state index is 5.76. The minimum Gasteiger partial charge on any atom is -0.381 e. The van der Waals surface area contributed by atoms with Gasteiger partial charge in [0, 0.05) is 42.8 Å². The number of nitrogens with zero attached hydrogens (tertiary/aromatic N) is 3. The van der Waals surface area contributed by atoms with Gasteiger partial charge in [0.05, 0.1) is 17.1 Å². The summed E-state index contributed by atoms with van der Waals surface area (Å²) in [6.07, 6.45) is 2.05. The second-order valence-corrected chi connectivity index (χ2v) is 9.50. The number of aryl methyl sites for hydroxylation is 3. The lowest BCUT2D eigenvalue weighted by Gasteiger charge is -2.29. The van der Waals surface area contributed by atoms with Crippen molar-refractivity contribution in [3.8, 4) is 22.4 Å². The number of hydrogen-bond donors (Lipinski definition) is 0. The van der Waals surface area contributed by atoms with Crippen LogP contribution in [0.5, 0.6) is 0 Å². The van der Waals surface area contributed by atoms with E-state index in [-0.39, 0.29) is 0 Å². The van der Waals surface area contributed by atoms with E-state index in [2.05, 4.69) is 81.3 Å². The number of pyridine rings is 1. The first kappa shape index (κ1) is 21.8. The van der Waals surface area contributed by atoms with Crippen molar-refractivity contribution in [2.45, 2.75) is 46.5 Å². The molecule has 4 aromatic rings. The average molecular weight is 440 g/mol. The van der Waals surface area contributed by atoms with E-state index in [0.29, 0.717) is 11.8 Å². The zero-order valence-corrected chi connectivity index (χ0v) is 20.4. The molecule has 33 heavy (non-hydrogen) atoms. The summed E-state index contributed by atoms with van der Waals surface area (Å²) in [5, 5.41) is 7.17. The van der Waals surface area contributed by atoms with Crippen molar-refractivity contribution >= 4 is 10.8 Å². The zero-order chi connectivity index (χ0) is 23.1. The molecule has 1 saturated heterocycles. The summed E-state index contributed by atoms with van der Waals surface area (Å²) < 4.78 is 7.72. The standard InChI is InChI=1S/C29H33N3O/c1-6-21-8-7-9-22(14-21)23-10-11-26-24(15-23)16-27(28-19(3)31-32(5)20(28)4)30-29(26)25-12-13-33-17-18(25)2/h7-11,14-16,18,25H,6,12-13,17H2,1-5H3/t18-,25?/m0/s1. The van der Waals surface area contributed by atoms with Crippen molar-refractivity contribution in [1.82, 2.24) is 14.8 Å². The average Bonchev–Trinajstić information content (AvgIpc) is 3.09. The molecule has 2 aromatic heterocycles. The molecule has 0 radical (unpaired) electrons. The largest absolute Gasteiger partial charge is 0.381 e. The molecule has 0 saturated carbocycles. The van der Waals surface area contributed by atoms with Gasteiger partial charge in [0.1, 0.15) is 0 Å². The molecule has 1 unspecified atom stereocenters. The van der Waals surface area contributed by atoms with E-state index in [1.54, 1.807) is 0 Å². The van der Waals surface area contributed by atoms with E-state index < -0.39 is 0 Å². The molecule has 0 spiro atoms. The third kappa shape index (κ3) is 3.97. The Hall–Kier alpha value is -2.98. The van der Waals surface area contributed by atoms with Gasteiger partial charge in [-0.1, -0.05) is 50.2 Å². The Morgan fingerprint density at radius 3 is 2.61 bits per heavy atom. The summed E-state index contributed by atoms with van der Waals surface area (Å²) in [7, 11) is 2.01. The van der Waals surface area contributed by atoms with Gasteiger partial charge in [-0.15, -0.1) is 0 Å². The second-order valence-electron chi connectivity index (χ2n) is 9.50. The van der Waals surface area contributed by atoms with Gasteiger partial charge in [-0.3, -0.25) is 9.67 Å². The fourth-order valence-corrected chi connectivity index (χ4v) is 5.28. The van der Waals surface area contributed by atoms with Crippen LogP contribution in [-0.2, 0) is 18.2 Å². The normalized spacial score (nSPS) is 18.7. The molecular weight excluding hydrogens is 406 g/mol. The fraction of sp³-hybridized carbons (Fsp3) is 0.379. The van der Waals surface area contributed by atoms with Crippen molar-refractivity contribution in [3.63, 3.8) is 0 Å². The SMILES string of the molecule is CCc1cccc(-c2ccc3c(C4CCOC[C@@H]4C)nc(-c4c(C)nn(C)c4C)cc3c2)c1. The van der Waals surface area contributed by atoms with E-state index in [1.807, 2.05) is 11.7 Å². The molecule has 2 atom stereocenters. The molecular formula is C29H33N3O. The van der Waals surface area contributed by atoms with Crippen LogP contribution in [0.4, 0.5) is 0 Å². The molecule has 1 aliphatic rings. The lowest BCUT2D eigenvalue weighted by atomic mass is 9.84. The summed E-state index contributed by atoms with van der Waals surface area (Å²) in [4.78, 5) is 5.30. The van der Waals surface area contributed by atoms with Gasteiger partial charge in [-0.2, -0.15) is 5.10 Å². The van der Waals surface area contributed by atoms with Gasteiger partial charge < -0.3 is 4.74 Å². The third-order valence-electron chi connectivity index (χ3n) is 7.29. The van der Waals surface area contributed by atoms with Crippen LogP contribution in [0, 0.1) is 19.8 Å². The number of ether oxygens (including phenoxy) is 1. The summed E-state index contributed by atoms with van der Waals surface area (Å²) in [6, 6.07) is 18.0. The molecule has 170 valence electrons. The summed E-state index contributed by atoms with van der Waals surface area (Å²) in [5.41, 5.74) is 9.44. The van der Waals surface area contributed by atoms with Gasteiger partial charge in [0.25, 0.3) is 0 Å². The molecule has 5 rings (SSSR count). The van der Waals surface area contributed by atoms with Crippen LogP contribution in [0.25, 0.3) is 33.2 Å². The quantitative estimate of drug-likeness (QED) is 0.359. The van der Waals surface area contributed by atoms with Crippen LogP contribution in [0.3, 0.4) is 0 Å². The van der Waals surface area contributed by atoms with Gasteiger partial charge in [0.2, 0.25) is 0 Å². The first-order valence-electron chi connectivity index (χ1n) is 12.1. The molecule has 2 aromatic carbocycles. The summed E-state index contributed by atoms with van der Waals surface area (Å²) in [5.74, 6) is 0.842. The highest BCUT2D eigenvalue weighted by Gasteiger charge is 2.27.